The van der Waals surface area contributed by atoms with E-state index in [1.165, 1.54) is 6.08 Å². The van der Waals surface area contributed by atoms with Crippen LogP contribution >= 0.6 is 0 Å². The second-order valence-corrected chi connectivity index (χ2v) is 6.06. The molecule has 0 radical (unpaired) electrons. The van der Waals surface area contributed by atoms with Crippen molar-refractivity contribution in [1.82, 2.24) is 0 Å². The smallest absolute Gasteiger partial charge is 0.339 e. The van der Waals surface area contributed by atoms with Crippen molar-refractivity contribution in [3.8, 4) is 5.75 Å². The normalized spacial score (nSPS) is 11.1. The lowest BCUT2D eigenvalue weighted by molar-refractivity contribution is 0.484. The molecule has 0 amide bonds. The van der Waals surface area contributed by atoms with E-state index < -0.39 is 10.1 Å². The van der Waals surface area contributed by atoms with Crippen molar-refractivity contribution in [2.24, 2.45) is 0 Å². The quantitative estimate of drug-likeness (QED) is 0.805. The Labute approximate surface area is 119 Å². The van der Waals surface area contributed by atoms with Crippen LogP contribution < -0.4 is 4.18 Å². The van der Waals surface area contributed by atoms with Gasteiger partial charge in [-0.3, -0.25) is 0 Å². The van der Waals surface area contributed by atoms with Gasteiger partial charge in [-0.1, -0.05) is 48.6 Å². The Hall–Kier alpha value is -2.07. The molecular formula is C16H16O3S. The Balaban J connectivity index is 2.46. The molecule has 0 aliphatic carbocycles. The maximum atomic E-state index is 12.4. The lowest BCUT2D eigenvalue weighted by Crippen LogP contribution is -2.12. The molecule has 0 unspecified atom stereocenters. The first-order chi connectivity index (χ1) is 9.44. The minimum absolute atomic E-state index is 0.126. The summed E-state index contributed by atoms with van der Waals surface area (Å²) >= 11 is 0. The molecule has 0 bridgehead atoms. The van der Waals surface area contributed by atoms with Gasteiger partial charge in [0, 0.05) is 0 Å². The summed E-state index contributed by atoms with van der Waals surface area (Å²) in [5, 5.41) is 0. The number of aryl methyl sites for hydroxylation is 2. The summed E-state index contributed by atoms with van der Waals surface area (Å²) in [6, 6.07) is 12.0. The lowest BCUT2D eigenvalue weighted by Gasteiger charge is -2.11. The number of para-hydroxylation sites is 1. The van der Waals surface area contributed by atoms with Crippen molar-refractivity contribution >= 4 is 16.2 Å². The Morgan fingerprint density at radius 3 is 2.45 bits per heavy atom. The number of rotatable bonds is 4. The van der Waals surface area contributed by atoms with Crippen LogP contribution in [0.25, 0.3) is 6.08 Å². The van der Waals surface area contributed by atoms with Crippen molar-refractivity contribution < 1.29 is 12.6 Å². The second kappa shape index (κ2) is 5.51. The van der Waals surface area contributed by atoms with Gasteiger partial charge in [0.1, 0.15) is 10.6 Å². The van der Waals surface area contributed by atoms with Gasteiger partial charge in [-0.05, 0) is 37.1 Å². The van der Waals surface area contributed by atoms with Gasteiger partial charge in [-0.15, -0.1) is 0 Å². The molecule has 0 aliphatic rings. The van der Waals surface area contributed by atoms with Crippen molar-refractivity contribution in [2.45, 2.75) is 18.7 Å². The molecule has 20 heavy (non-hydrogen) atoms. The van der Waals surface area contributed by atoms with Gasteiger partial charge < -0.3 is 4.18 Å². The maximum absolute atomic E-state index is 12.4. The number of hydrogen-bond donors (Lipinski definition) is 0. The highest BCUT2D eigenvalue weighted by Gasteiger charge is 2.20. The third-order valence-corrected chi connectivity index (χ3v) is 4.26. The number of benzene rings is 2. The van der Waals surface area contributed by atoms with Gasteiger partial charge in [-0.2, -0.15) is 8.42 Å². The highest BCUT2D eigenvalue weighted by molar-refractivity contribution is 7.87. The molecule has 2 rings (SSSR count). The fraction of sp³-hybridized carbons (Fsp3) is 0.125. The van der Waals surface area contributed by atoms with Gasteiger partial charge in [0.05, 0.1) is 0 Å². The zero-order chi connectivity index (χ0) is 14.8. The Morgan fingerprint density at radius 2 is 1.80 bits per heavy atom. The molecule has 0 aliphatic heterocycles. The van der Waals surface area contributed by atoms with Crippen LogP contribution in [-0.2, 0) is 10.1 Å². The molecule has 3 nitrogen and oxygen atoms in total. The minimum Gasteiger partial charge on any atom is -0.379 e. The molecule has 0 fully saturated rings. The molecule has 0 saturated carbocycles. The van der Waals surface area contributed by atoms with Crippen LogP contribution in [-0.4, -0.2) is 8.42 Å². The maximum Gasteiger partial charge on any atom is 0.339 e. The van der Waals surface area contributed by atoms with Gasteiger partial charge in [0.15, 0.2) is 0 Å². The Kier molecular flexibility index (Phi) is 3.95. The van der Waals surface area contributed by atoms with Crippen LogP contribution in [0.1, 0.15) is 16.7 Å². The average Bonchev–Trinajstić information content (AvgIpc) is 2.40. The predicted octanol–water partition coefficient (Wildman–Crippen LogP) is 3.71. The SMILES string of the molecule is C=Cc1cc(C)ccc1S(=O)(=O)Oc1ccccc1C. The van der Waals surface area contributed by atoms with Gasteiger partial charge >= 0.3 is 10.1 Å². The van der Waals surface area contributed by atoms with Crippen molar-refractivity contribution in [3.63, 3.8) is 0 Å². The molecule has 2 aromatic rings. The summed E-state index contributed by atoms with van der Waals surface area (Å²) in [7, 11) is -3.87. The molecule has 104 valence electrons. The van der Waals surface area contributed by atoms with Gasteiger partial charge in [0.25, 0.3) is 0 Å². The molecular weight excluding hydrogens is 272 g/mol. The Bertz CT molecular complexity index is 746. The topological polar surface area (TPSA) is 43.4 Å². The summed E-state index contributed by atoms with van der Waals surface area (Å²) in [6.45, 7) is 7.35. The van der Waals surface area contributed by atoms with Crippen LogP contribution in [0.4, 0.5) is 0 Å². The first-order valence-electron chi connectivity index (χ1n) is 6.17. The van der Waals surface area contributed by atoms with Gasteiger partial charge in [0.2, 0.25) is 0 Å². The third-order valence-electron chi connectivity index (χ3n) is 2.95. The van der Waals surface area contributed by atoms with Gasteiger partial charge in [-0.25, -0.2) is 0 Å². The summed E-state index contributed by atoms with van der Waals surface area (Å²) in [5.74, 6) is 0.336. The van der Waals surface area contributed by atoms with Crippen LogP contribution in [0.2, 0.25) is 0 Å². The van der Waals surface area contributed by atoms with Crippen LogP contribution in [0.15, 0.2) is 53.9 Å². The predicted molar refractivity (Wildman–Crippen MR) is 80.3 cm³/mol. The molecule has 0 aromatic heterocycles. The third kappa shape index (κ3) is 2.91. The van der Waals surface area contributed by atoms with Crippen LogP contribution in [0.5, 0.6) is 5.75 Å². The molecule has 0 saturated heterocycles. The average molecular weight is 288 g/mol. The fourth-order valence-corrected chi connectivity index (χ4v) is 3.05. The second-order valence-electron chi connectivity index (χ2n) is 4.55. The lowest BCUT2D eigenvalue weighted by atomic mass is 10.1. The summed E-state index contributed by atoms with van der Waals surface area (Å²) in [6.07, 6.45) is 1.51. The van der Waals surface area contributed by atoms with Crippen LogP contribution in [0.3, 0.4) is 0 Å². The van der Waals surface area contributed by atoms with E-state index in [1.54, 1.807) is 43.3 Å². The van der Waals surface area contributed by atoms with E-state index >= 15 is 0 Å². The zero-order valence-corrected chi connectivity index (χ0v) is 12.3. The van der Waals surface area contributed by atoms with E-state index in [1.807, 2.05) is 13.0 Å². The molecule has 2 aromatic carbocycles. The standard InChI is InChI=1S/C16H16O3S/c1-4-14-11-12(2)9-10-16(14)20(17,18)19-15-8-6-5-7-13(15)3/h4-11H,1H2,2-3H3. The van der Waals surface area contributed by atoms with E-state index in [9.17, 15) is 8.42 Å². The zero-order valence-electron chi connectivity index (χ0n) is 11.5. The first-order valence-corrected chi connectivity index (χ1v) is 7.58. The molecule has 0 heterocycles. The fourth-order valence-electron chi connectivity index (χ4n) is 1.87. The summed E-state index contributed by atoms with van der Waals surface area (Å²) in [5.41, 5.74) is 2.27. The van der Waals surface area contributed by atoms with E-state index in [0.29, 0.717) is 11.3 Å². The van der Waals surface area contributed by atoms with Crippen LogP contribution in [0, 0.1) is 13.8 Å². The highest BCUT2D eigenvalue weighted by atomic mass is 32.2. The summed E-state index contributed by atoms with van der Waals surface area (Å²) < 4.78 is 30.0. The number of hydrogen-bond acceptors (Lipinski definition) is 3. The van der Waals surface area contributed by atoms with Crippen molar-refractivity contribution in [3.05, 3.63) is 65.7 Å². The highest BCUT2D eigenvalue weighted by Crippen LogP contribution is 2.25. The Morgan fingerprint density at radius 1 is 1.10 bits per heavy atom. The largest absolute Gasteiger partial charge is 0.379 e. The minimum atomic E-state index is -3.87. The van der Waals surface area contributed by atoms with Crippen molar-refractivity contribution in [2.75, 3.05) is 0 Å². The van der Waals surface area contributed by atoms with E-state index in [2.05, 4.69) is 6.58 Å². The molecule has 0 N–H and O–H groups in total. The summed E-state index contributed by atoms with van der Waals surface area (Å²) in [4.78, 5) is 0.126. The van der Waals surface area contributed by atoms with E-state index in [-0.39, 0.29) is 4.90 Å². The molecule has 4 heteroatoms. The molecule has 0 atom stereocenters. The van der Waals surface area contributed by atoms with Crippen molar-refractivity contribution in [1.29, 1.82) is 0 Å². The first kappa shape index (κ1) is 14.3. The monoisotopic (exact) mass is 288 g/mol. The van der Waals surface area contributed by atoms with E-state index in [0.717, 1.165) is 11.1 Å². The molecule has 0 spiro atoms. The van der Waals surface area contributed by atoms with E-state index in [4.69, 9.17) is 4.18 Å².